The summed E-state index contributed by atoms with van der Waals surface area (Å²) in [6.45, 7) is -5.74. The molecule has 2 N–H and O–H groups in total. The van der Waals surface area contributed by atoms with Crippen molar-refractivity contribution in [3.8, 4) is 11.1 Å². The molecule has 0 saturated carbocycles. The topological polar surface area (TPSA) is 83.6 Å². The van der Waals surface area contributed by atoms with Crippen LogP contribution in [-0.4, -0.2) is 26.7 Å². The van der Waals surface area contributed by atoms with Crippen molar-refractivity contribution in [2.24, 2.45) is 0 Å². The monoisotopic (exact) mass is 322 g/mol. The number of H-pyrrole nitrogens is 1. The van der Waals surface area contributed by atoms with E-state index in [0.717, 1.165) is 12.3 Å². The molecule has 0 aliphatic carbocycles. The van der Waals surface area contributed by atoms with Crippen molar-refractivity contribution in [1.82, 2.24) is 20.2 Å². The Balaban J connectivity index is 2.12. The molecule has 3 heterocycles. The normalized spacial score (nSPS) is 15.5. The van der Waals surface area contributed by atoms with Gasteiger partial charge in [-0.3, -0.25) is 9.78 Å². The van der Waals surface area contributed by atoms with Gasteiger partial charge in [-0.25, -0.2) is 18.9 Å². The Kier molecular flexibility index (Phi) is 2.64. The van der Waals surface area contributed by atoms with Crippen molar-refractivity contribution in [1.29, 1.82) is 0 Å². The summed E-state index contributed by atoms with van der Waals surface area (Å²) in [4.78, 5) is 20.0. The van der Waals surface area contributed by atoms with Crippen molar-refractivity contribution in [3.63, 3.8) is 0 Å². The molecule has 0 bridgehead atoms. The van der Waals surface area contributed by atoms with Crippen molar-refractivity contribution >= 4 is 16.9 Å². The number of halogens is 2. The quantitative estimate of drug-likeness (QED) is 0.771. The van der Waals surface area contributed by atoms with E-state index in [0.29, 0.717) is 0 Å². The Morgan fingerprint density at radius 3 is 2.96 bits per heavy atom. The van der Waals surface area contributed by atoms with Gasteiger partial charge in [-0.1, -0.05) is 6.07 Å². The van der Waals surface area contributed by atoms with E-state index in [1.54, 1.807) is 0 Å². The van der Waals surface area contributed by atoms with E-state index in [9.17, 15) is 13.6 Å². The molecule has 0 atom stereocenters. The number of alkyl halides is 2. The minimum atomic E-state index is -2.96. The van der Waals surface area contributed by atoms with Crippen molar-refractivity contribution in [3.05, 3.63) is 46.5 Å². The standard InChI is InChI=1S/C15H13F2N5O/c1-2-18-11-6-5-9-13(20-11)12(15(23)22-21-9)8-3-4-10(14(16)17)19-7-8/h3-7,14H,2H2,1H3,(H,18,20)(H,22,23)/i1D3,2D2. The van der Waals surface area contributed by atoms with Crippen LogP contribution in [0, 0.1) is 0 Å². The molecule has 0 aliphatic heterocycles. The summed E-state index contributed by atoms with van der Waals surface area (Å²) >= 11 is 0. The van der Waals surface area contributed by atoms with E-state index in [1.807, 2.05) is 0 Å². The fraction of sp³-hybridized carbons (Fsp3) is 0.200. The van der Waals surface area contributed by atoms with Crippen molar-refractivity contribution in [2.45, 2.75) is 13.3 Å². The Labute approximate surface area is 136 Å². The number of rotatable bonds is 4. The number of fused-ring (bicyclic) bond motifs is 1. The fourth-order valence-electron chi connectivity index (χ4n) is 2.08. The highest BCUT2D eigenvalue weighted by Gasteiger charge is 2.14. The molecule has 118 valence electrons. The molecule has 0 radical (unpaired) electrons. The fourth-order valence-corrected chi connectivity index (χ4v) is 2.08. The second-order valence-corrected chi connectivity index (χ2v) is 4.51. The number of aromatic amines is 1. The molecular weight excluding hydrogens is 304 g/mol. The molecular formula is C15H13F2N5O. The lowest BCUT2D eigenvalue weighted by Gasteiger charge is -2.07. The molecule has 0 aliphatic rings. The number of hydrogen-bond donors (Lipinski definition) is 2. The van der Waals surface area contributed by atoms with Gasteiger partial charge in [0.25, 0.3) is 12.0 Å². The SMILES string of the molecule is [2H]C([2H])([2H])C([2H])([2H])Nc1ccc2n[nH]c(=O)c(-c3ccc(C(F)F)nc3)c2n1. The lowest BCUT2D eigenvalue weighted by Crippen LogP contribution is -2.13. The zero-order valence-corrected chi connectivity index (χ0v) is 11.5. The first kappa shape index (κ1) is 9.98. The first-order valence-electron chi connectivity index (χ1n) is 8.92. The number of anilines is 1. The van der Waals surface area contributed by atoms with Crippen LogP contribution in [0.5, 0.6) is 0 Å². The highest BCUT2D eigenvalue weighted by Crippen LogP contribution is 2.25. The Morgan fingerprint density at radius 1 is 1.39 bits per heavy atom. The van der Waals surface area contributed by atoms with Crippen LogP contribution in [0.15, 0.2) is 35.3 Å². The highest BCUT2D eigenvalue weighted by atomic mass is 19.3. The second kappa shape index (κ2) is 6.07. The average molecular weight is 322 g/mol. The Hall–Kier alpha value is -2.90. The van der Waals surface area contributed by atoms with Crippen LogP contribution in [0.1, 0.15) is 25.8 Å². The van der Waals surface area contributed by atoms with Crippen LogP contribution in [0.4, 0.5) is 14.6 Å². The predicted molar refractivity (Wildman–Crippen MR) is 82.5 cm³/mol. The highest BCUT2D eigenvalue weighted by molar-refractivity contribution is 5.91. The van der Waals surface area contributed by atoms with Crippen LogP contribution in [0.2, 0.25) is 0 Å². The van der Waals surface area contributed by atoms with Gasteiger partial charge in [-0.15, -0.1) is 0 Å². The van der Waals surface area contributed by atoms with Gasteiger partial charge < -0.3 is 5.32 Å². The number of aromatic nitrogens is 4. The van der Waals surface area contributed by atoms with E-state index in [2.05, 4.69) is 25.5 Å². The van der Waals surface area contributed by atoms with E-state index >= 15 is 0 Å². The molecule has 0 spiro atoms. The molecule has 0 amide bonds. The maximum Gasteiger partial charge on any atom is 0.280 e. The summed E-state index contributed by atoms with van der Waals surface area (Å²) in [6.07, 6.45) is -1.67. The third kappa shape index (κ3) is 2.87. The maximum atomic E-state index is 12.7. The summed E-state index contributed by atoms with van der Waals surface area (Å²) in [6, 6.07) is 5.06. The molecule has 23 heavy (non-hydrogen) atoms. The smallest absolute Gasteiger partial charge is 0.280 e. The van der Waals surface area contributed by atoms with Crippen LogP contribution >= 0.6 is 0 Å². The zero-order valence-electron chi connectivity index (χ0n) is 16.5. The molecule has 0 saturated heterocycles. The minimum absolute atomic E-state index is 0.0172. The second-order valence-electron chi connectivity index (χ2n) is 4.51. The largest absolute Gasteiger partial charge is 0.370 e. The van der Waals surface area contributed by atoms with Gasteiger partial charge in [-0.05, 0) is 25.1 Å². The van der Waals surface area contributed by atoms with E-state index in [4.69, 9.17) is 6.85 Å². The summed E-state index contributed by atoms with van der Waals surface area (Å²) in [5, 5.41) is 8.27. The Morgan fingerprint density at radius 2 is 2.26 bits per heavy atom. The van der Waals surface area contributed by atoms with Gasteiger partial charge in [0, 0.05) is 25.1 Å². The van der Waals surface area contributed by atoms with Crippen LogP contribution < -0.4 is 10.9 Å². The molecule has 0 aromatic carbocycles. The van der Waals surface area contributed by atoms with Gasteiger partial charge in [0.05, 0.1) is 5.56 Å². The molecule has 3 aromatic rings. The van der Waals surface area contributed by atoms with Gasteiger partial charge in [0.1, 0.15) is 22.5 Å². The van der Waals surface area contributed by atoms with E-state index in [-0.39, 0.29) is 28.0 Å². The average Bonchev–Trinajstić information content (AvgIpc) is 2.60. The first-order chi connectivity index (χ1) is 13.0. The van der Waals surface area contributed by atoms with Gasteiger partial charge in [-0.2, -0.15) is 5.10 Å². The van der Waals surface area contributed by atoms with E-state index in [1.165, 1.54) is 18.2 Å². The number of hydrogen-bond acceptors (Lipinski definition) is 5. The summed E-state index contributed by atoms with van der Waals surface area (Å²) in [7, 11) is 0. The van der Waals surface area contributed by atoms with Gasteiger partial charge in [0.15, 0.2) is 0 Å². The molecule has 0 fully saturated rings. The van der Waals surface area contributed by atoms with Gasteiger partial charge >= 0.3 is 0 Å². The Bertz CT molecular complexity index is 1070. The number of pyridine rings is 2. The number of nitrogens with zero attached hydrogens (tertiary/aromatic N) is 3. The molecule has 3 aromatic heterocycles. The van der Waals surface area contributed by atoms with Crippen LogP contribution in [0.25, 0.3) is 22.2 Å². The minimum Gasteiger partial charge on any atom is -0.370 e. The maximum absolute atomic E-state index is 12.7. The van der Waals surface area contributed by atoms with Crippen molar-refractivity contribution < 1.29 is 15.6 Å². The first-order valence-corrected chi connectivity index (χ1v) is 6.42. The zero-order chi connectivity index (χ0) is 20.7. The summed E-state index contributed by atoms with van der Waals surface area (Å²) in [5.74, 6) is -0.139. The molecule has 0 unspecified atom stereocenters. The predicted octanol–water partition coefficient (Wildman–Crippen LogP) is 2.75. The van der Waals surface area contributed by atoms with Crippen LogP contribution in [-0.2, 0) is 0 Å². The van der Waals surface area contributed by atoms with Crippen LogP contribution in [0.3, 0.4) is 0 Å². The molecule has 8 heteroatoms. The summed E-state index contributed by atoms with van der Waals surface area (Å²) < 4.78 is 62.4. The molecule has 3 rings (SSSR count). The van der Waals surface area contributed by atoms with E-state index < -0.39 is 31.0 Å². The molecule has 6 nitrogen and oxygen atoms in total. The lowest BCUT2D eigenvalue weighted by atomic mass is 10.1. The van der Waals surface area contributed by atoms with Gasteiger partial charge in [0.2, 0.25) is 0 Å². The third-order valence-corrected chi connectivity index (χ3v) is 3.10. The summed E-state index contributed by atoms with van der Waals surface area (Å²) in [5.41, 5.74) is -0.686. The van der Waals surface area contributed by atoms with Crippen molar-refractivity contribution in [2.75, 3.05) is 11.8 Å². The lowest BCUT2D eigenvalue weighted by molar-refractivity contribution is 0.146. The third-order valence-electron chi connectivity index (χ3n) is 3.10. The number of nitrogens with one attached hydrogen (secondary N) is 2.